The van der Waals surface area contributed by atoms with Gasteiger partial charge in [-0.15, -0.1) is 0 Å². The van der Waals surface area contributed by atoms with Gasteiger partial charge in [-0.25, -0.2) is 0 Å². The SMILES string of the molecule is CC(C)(C)c1ccc([S+]2CCCCC2)cc1.Cc1cc(O)ccc1[S+]1CCCCC1.Cc1ccc([S+]2CCCCC2)cc1.Cc1ccccc1[S+]1CCCCC1.Oc1ccc([S+]2CCCCC2)cc1.c1ccc([S+]2CCCCC2)cc1. The van der Waals surface area contributed by atoms with Crippen LogP contribution in [0.25, 0.3) is 0 Å². The van der Waals surface area contributed by atoms with Crippen LogP contribution in [0.5, 0.6) is 11.5 Å². The fraction of sp³-hybridized carbons (Fsp3) is 0.507. The maximum absolute atomic E-state index is 9.34. The van der Waals surface area contributed by atoms with Crippen LogP contribution in [0, 0.1) is 20.8 Å². The molecule has 0 unspecified atom stereocenters. The Balaban J connectivity index is 0.000000140. The first-order chi connectivity index (χ1) is 39.4. The maximum atomic E-state index is 9.34. The van der Waals surface area contributed by atoms with Gasteiger partial charge in [-0.05, 0) is 232 Å². The Morgan fingerprint density at radius 3 is 0.963 bits per heavy atom. The first-order valence-corrected chi connectivity index (χ1v) is 40.7. The Bertz CT molecular complexity index is 2550. The molecule has 0 aromatic heterocycles. The van der Waals surface area contributed by atoms with Crippen molar-refractivity contribution in [3.63, 3.8) is 0 Å². The van der Waals surface area contributed by atoms with Crippen LogP contribution < -0.4 is 0 Å². The topological polar surface area (TPSA) is 40.5 Å². The van der Waals surface area contributed by atoms with Gasteiger partial charge in [0.2, 0.25) is 0 Å². The number of aromatic hydroxyl groups is 2. The second-order valence-electron chi connectivity index (χ2n) is 23.9. The second-order valence-corrected chi connectivity index (χ2v) is 37.5. The van der Waals surface area contributed by atoms with Crippen molar-refractivity contribution in [1.29, 1.82) is 0 Å². The second kappa shape index (κ2) is 36.1. The lowest BCUT2D eigenvalue weighted by Crippen LogP contribution is -2.18. The third kappa shape index (κ3) is 23.1. The van der Waals surface area contributed by atoms with Crippen LogP contribution in [0.2, 0.25) is 0 Å². The van der Waals surface area contributed by atoms with Crippen LogP contribution in [0.15, 0.2) is 175 Å². The highest BCUT2D eigenvalue weighted by molar-refractivity contribution is 7.98. The van der Waals surface area contributed by atoms with E-state index in [9.17, 15) is 5.11 Å². The minimum absolute atomic E-state index is 0.286. The third-order valence-corrected chi connectivity index (χ3v) is 31.5. The molecule has 81 heavy (non-hydrogen) atoms. The molecule has 6 heterocycles. The van der Waals surface area contributed by atoms with E-state index in [1.54, 1.807) is 31.7 Å². The number of benzene rings is 6. The zero-order valence-electron chi connectivity index (χ0n) is 50.9. The molecule has 0 amide bonds. The highest BCUT2D eigenvalue weighted by atomic mass is 32.2. The molecule has 6 aromatic rings. The molecule has 12 rings (SSSR count). The van der Waals surface area contributed by atoms with Crippen LogP contribution in [0.3, 0.4) is 0 Å². The zero-order chi connectivity index (χ0) is 57.1. The van der Waals surface area contributed by atoms with E-state index < -0.39 is 0 Å². The summed E-state index contributed by atoms with van der Waals surface area (Å²) < 4.78 is 0. The number of phenolic OH excluding ortho intramolecular Hbond substituents is 2. The molecule has 6 saturated heterocycles. The van der Waals surface area contributed by atoms with E-state index in [0.717, 1.165) is 0 Å². The lowest BCUT2D eigenvalue weighted by atomic mass is 9.87. The van der Waals surface area contributed by atoms with Crippen molar-refractivity contribution >= 4 is 65.4 Å². The van der Waals surface area contributed by atoms with Crippen molar-refractivity contribution in [3.05, 3.63) is 168 Å². The summed E-state index contributed by atoms with van der Waals surface area (Å²) >= 11 is 0. The first-order valence-electron chi connectivity index (χ1n) is 31.3. The largest absolute Gasteiger partial charge is 0.508 e. The molecule has 2 N–H and O–H groups in total. The van der Waals surface area contributed by atoms with Gasteiger partial charge in [0.05, 0.1) is 0 Å². The molecule has 0 radical (unpaired) electrons. The van der Waals surface area contributed by atoms with Crippen LogP contribution >= 0.6 is 0 Å². The fourth-order valence-corrected chi connectivity index (χ4v) is 25.6. The minimum Gasteiger partial charge on any atom is -0.508 e. The number of hydrogen-bond acceptors (Lipinski definition) is 2. The van der Waals surface area contributed by atoms with Gasteiger partial charge < -0.3 is 10.2 Å². The summed E-state index contributed by atoms with van der Waals surface area (Å²) in [6, 6.07) is 52.0. The van der Waals surface area contributed by atoms with E-state index in [-0.39, 0.29) is 5.41 Å². The summed E-state index contributed by atoms with van der Waals surface area (Å²) in [6.45, 7) is 13.4. The Hall–Kier alpha value is -2.98. The van der Waals surface area contributed by atoms with Gasteiger partial charge in [0.25, 0.3) is 0 Å². The first kappa shape index (κ1) is 65.6. The Morgan fingerprint density at radius 1 is 0.284 bits per heavy atom. The van der Waals surface area contributed by atoms with E-state index in [1.165, 1.54) is 217 Å². The van der Waals surface area contributed by atoms with Gasteiger partial charge in [0.1, 0.15) is 80.5 Å². The third-order valence-electron chi connectivity index (χ3n) is 16.2. The van der Waals surface area contributed by atoms with Crippen molar-refractivity contribution in [3.8, 4) is 11.5 Å². The van der Waals surface area contributed by atoms with Gasteiger partial charge in [0.15, 0.2) is 29.4 Å². The van der Waals surface area contributed by atoms with Crippen LogP contribution in [0.1, 0.15) is 159 Å². The predicted molar refractivity (Wildman–Crippen MR) is 370 cm³/mol. The molecule has 6 aliphatic rings. The van der Waals surface area contributed by atoms with Crippen molar-refractivity contribution in [2.24, 2.45) is 0 Å². The lowest BCUT2D eigenvalue weighted by Gasteiger charge is -2.19. The number of aryl methyl sites for hydroxylation is 3. The molecule has 0 bridgehead atoms. The fourth-order valence-electron chi connectivity index (χ4n) is 11.3. The van der Waals surface area contributed by atoms with Crippen molar-refractivity contribution in [2.45, 2.75) is 192 Å². The molecule has 2 nitrogen and oxygen atoms in total. The molecule has 0 saturated carbocycles. The predicted octanol–water partition coefficient (Wildman–Crippen LogP) is 18.7. The zero-order valence-corrected chi connectivity index (χ0v) is 55.8. The van der Waals surface area contributed by atoms with E-state index in [2.05, 4.69) is 163 Å². The standard InChI is InChI=1S/C15H23S.C12H16OS.2C12H17S.C11H14OS.C11H15S/c1-15(2,3)13-7-9-14(10-8-13)16-11-5-4-6-12-16;1-10-9-11(13)5-6-12(10)14-7-3-2-4-8-14;1-11-7-3-4-8-12(11)13-9-5-2-6-10-13;1-11-5-7-12(8-6-11)13-9-3-2-4-10-13;12-10-4-6-11(7-5-10)13-8-2-1-3-9-13;1-3-7-11(8-4-1)12-9-5-2-6-10-12/h7-10H,4-6,11-12H2,1-3H3;5-6,9H,2-4,7-8H2,1H3;3-4,7-8H,2,5-6,9-10H2,1H3;5-8H,2-4,9-10H2,1H3;4-7H,1-3,8-9H2;1,3-4,7-8H,2,5-6,9-10H2/q+1;;2*+1;;+1/p+2. The van der Waals surface area contributed by atoms with E-state index in [4.69, 9.17) is 5.11 Å². The monoisotopic (exact) mass is 1200 g/mol. The quantitative estimate of drug-likeness (QED) is 0.163. The summed E-state index contributed by atoms with van der Waals surface area (Å²) in [5, 5.41) is 18.5. The van der Waals surface area contributed by atoms with Gasteiger partial charge in [0, 0.05) is 76.5 Å². The summed E-state index contributed by atoms with van der Waals surface area (Å²) in [4.78, 5) is 9.29. The molecule has 438 valence electrons. The van der Waals surface area contributed by atoms with E-state index >= 15 is 0 Å². The molecule has 6 aliphatic heterocycles. The Kier molecular flexibility index (Phi) is 29.2. The van der Waals surface area contributed by atoms with Crippen molar-refractivity contribution < 1.29 is 10.2 Å². The van der Waals surface area contributed by atoms with Gasteiger partial charge >= 0.3 is 0 Å². The average molecular weight is 1210 g/mol. The van der Waals surface area contributed by atoms with Crippen LogP contribution in [-0.2, 0) is 70.8 Å². The number of phenols is 2. The lowest BCUT2D eigenvalue weighted by molar-refractivity contribution is 0.474. The average Bonchev–Trinajstić information content (AvgIpc) is 3.55. The number of rotatable bonds is 6. The smallest absolute Gasteiger partial charge is 0.158 e. The van der Waals surface area contributed by atoms with Crippen molar-refractivity contribution in [2.75, 3.05) is 69.0 Å². The number of hydrogen-bond donors (Lipinski definition) is 2. The molecule has 6 fully saturated rings. The molecular weight excluding hydrogens is 1100 g/mol. The van der Waals surface area contributed by atoms with Crippen LogP contribution in [-0.4, -0.2) is 79.2 Å². The molecule has 0 atom stereocenters. The normalized spacial score (nSPS) is 18.8. The van der Waals surface area contributed by atoms with Gasteiger partial charge in [-0.3, -0.25) is 0 Å². The minimum atomic E-state index is 0.286. The van der Waals surface area contributed by atoms with E-state index in [1.807, 2.05) is 12.1 Å². The molecule has 6 aromatic carbocycles. The Morgan fingerprint density at radius 2 is 0.593 bits per heavy atom. The highest BCUT2D eigenvalue weighted by Crippen LogP contribution is 2.31. The summed E-state index contributed by atoms with van der Waals surface area (Å²) in [5.41, 5.74) is 5.87. The van der Waals surface area contributed by atoms with Gasteiger partial charge in [-0.2, -0.15) is 0 Å². The highest BCUT2D eigenvalue weighted by Gasteiger charge is 2.30. The van der Waals surface area contributed by atoms with E-state index in [0.29, 0.717) is 76.9 Å². The molecule has 0 aliphatic carbocycles. The molecule has 8 heteroatoms. The van der Waals surface area contributed by atoms with Gasteiger partial charge in [-0.1, -0.05) is 87.0 Å². The van der Waals surface area contributed by atoms with Crippen LogP contribution in [0.4, 0.5) is 0 Å². The van der Waals surface area contributed by atoms with Crippen molar-refractivity contribution in [1.82, 2.24) is 0 Å². The summed E-state index contributed by atoms with van der Waals surface area (Å²) in [5.74, 6) is 17.6. The maximum Gasteiger partial charge on any atom is 0.158 e. The molecular formula is C73H104O2S6+6. The summed E-state index contributed by atoms with van der Waals surface area (Å²) in [7, 11) is 3.25. The Labute approximate surface area is 511 Å². The molecule has 0 spiro atoms. The summed E-state index contributed by atoms with van der Waals surface area (Å²) in [6.07, 6.45) is 25.7.